The zero-order valence-corrected chi connectivity index (χ0v) is 17.3. The fourth-order valence-electron chi connectivity index (χ4n) is 3.79. The molecule has 1 fully saturated rings. The average molecular weight is 414 g/mol. The Bertz CT molecular complexity index is 872. The van der Waals surface area contributed by atoms with Gasteiger partial charge in [-0.3, -0.25) is 9.59 Å². The van der Waals surface area contributed by atoms with E-state index in [-0.39, 0.29) is 30.1 Å². The van der Waals surface area contributed by atoms with Crippen molar-refractivity contribution in [3.05, 3.63) is 65.5 Å². The maximum atomic E-state index is 13.8. The Labute approximate surface area is 176 Å². The van der Waals surface area contributed by atoms with Crippen LogP contribution < -0.4 is 10.1 Å². The molecule has 0 aromatic heterocycles. The lowest BCUT2D eigenvalue weighted by Crippen LogP contribution is -2.36. The van der Waals surface area contributed by atoms with Crippen molar-refractivity contribution in [2.24, 2.45) is 5.92 Å². The van der Waals surface area contributed by atoms with Gasteiger partial charge in [0, 0.05) is 44.8 Å². The lowest BCUT2D eigenvalue weighted by molar-refractivity contribution is -0.124. The van der Waals surface area contributed by atoms with E-state index in [4.69, 9.17) is 9.47 Å². The van der Waals surface area contributed by atoms with Crippen LogP contribution in [0.1, 0.15) is 28.3 Å². The molecule has 6 nitrogen and oxygen atoms in total. The largest absolute Gasteiger partial charge is 0.497 e. The number of amides is 2. The van der Waals surface area contributed by atoms with Crippen molar-refractivity contribution >= 4 is 11.8 Å². The summed E-state index contributed by atoms with van der Waals surface area (Å²) in [5, 5.41) is 2.92. The molecule has 1 aliphatic heterocycles. The Hall–Kier alpha value is -2.93. The third kappa shape index (κ3) is 5.16. The van der Waals surface area contributed by atoms with E-state index in [0.717, 1.165) is 5.56 Å². The second kappa shape index (κ2) is 10.2. The third-order valence-electron chi connectivity index (χ3n) is 5.38. The number of methoxy groups -OCH3 is 2. The molecule has 1 saturated heterocycles. The summed E-state index contributed by atoms with van der Waals surface area (Å²) >= 11 is 0. The highest BCUT2D eigenvalue weighted by molar-refractivity contribution is 5.95. The fraction of sp³-hybridized carbons (Fsp3) is 0.391. The molecule has 160 valence electrons. The van der Waals surface area contributed by atoms with Crippen LogP contribution in [0.15, 0.2) is 48.5 Å². The van der Waals surface area contributed by atoms with Crippen LogP contribution in [0.25, 0.3) is 0 Å². The summed E-state index contributed by atoms with van der Waals surface area (Å²) in [6, 6.07) is 13.1. The van der Waals surface area contributed by atoms with E-state index in [9.17, 15) is 14.0 Å². The monoisotopic (exact) mass is 414 g/mol. The van der Waals surface area contributed by atoms with E-state index in [0.29, 0.717) is 37.4 Å². The number of hydrogen-bond donors (Lipinski definition) is 1. The molecule has 0 spiro atoms. The first-order valence-electron chi connectivity index (χ1n) is 9.99. The van der Waals surface area contributed by atoms with Gasteiger partial charge in [0.05, 0.1) is 13.0 Å². The van der Waals surface area contributed by atoms with Crippen molar-refractivity contribution in [3.63, 3.8) is 0 Å². The highest BCUT2D eigenvalue weighted by Crippen LogP contribution is 2.34. The molecule has 0 unspecified atom stereocenters. The summed E-state index contributed by atoms with van der Waals surface area (Å²) in [4.78, 5) is 27.5. The van der Waals surface area contributed by atoms with Gasteiger partial charge in [-0.25, -0.2) is 4.39 Å². The molecule has 2 atom stereocenters. The standard InChI is InChI=1S/C23H27FN2O4/c1-29-12-4-11-25-22(27)21-15-26(14-20(21)17-5-3-6-18(24)13-17)23(28)16-7-9-19(30-2)10-8-16/h3,5-10,13,20-21H,4,11-12,14-15H2,1-2H3,(H,25,27)/t20-,21-/m0/s1. The molecule has 2 aromatic rings. The second-order valence-electron chi connectivity index (χ2n) is 7.34. The highest BCUT2D eigenvalue weighted by Gasteiger charge is 2.40. The molecule has 0 bridgehead atoms. The van der Waals surface area contributed by atoms with E-state index in [2.05, 4.69) is 5.32 Å². The summed E-state index contributed by atoms with van der Waals surface area (Å²) in [5.41, 5.74) is 1.24. The van der Waals surface area contributed by atoms with Crippen molar-refractivity contribution in [3.8, 4) is 5.75 Å². The van der Waals surface area contributed by atoms with Gasteiger partial charge in [0.25, 0.3) is 5.91 Å². The van der Waals surface area contributed by atoms with Gasteiger partial charge in [0.15, 0.2) is 0 Å². The quantitative estimate of drug-likeness (QED) is 0.675. The molecule has 3 rings (SSSR count). The summed E-state index contributed by atoms with van der Waals surface area (Å²) in [6.07, 6.45) is 0.702. The van der Waals surface area contributed by atoms with Gasteiger partial charge in [-0.1, -0.05) is 12.1 Å². The molecule has 1 aliphatic rings. The van der Waals surface area contributed by atoms with E-state index in [1.165, 1.54) is 12.1 Å². The third-order valence-corrected chi connectivity index (χ3v) is 5.38. The molecule has 2 aromatic carbocycles. The molecule has 30 heavy (non-hydrogen) atoms. The fourth-order valence-corrected chi connectivity index (χ4v) is 3.79. The number of ether oxygens (including phenoxy) is 2. The van der Waals surface area contributed by atoms with Gasteiger partial charge in [0.2, 0.25) is 5.91 Å². The predicted octanol–water partition coefficient (Wildman–Crippen LogP) is 2.84. The summed E-state index contributed by atoms with van der Waals surface area (Å²) in [7, 11) is 3.18. The Morgan fingerprint density at radius 1 is 1.13 bits per heavy atom. The first-order chi connectivity index (χ1) is 14.5. The molecule has 0 radical (unpaired) electrons. The number of halogens is 1. The molecular formula is C23H27FN2O4. The number of likely N-dealkylation sites (tertiary alicyclic amines) is 1. The van der Waals surface area contributed by atoms with Gasteiger partial charge >= 0.3 is 0 Å². The summed E-state index contributed by atoms with van der Waals surface area (Å²) < 4.78 is 24.0. The molecule has 7 heteroatoms. The number of rotatable bonds is 8. The Kier molecular flexibility index (Phi) is 7.41. The highest BCUT2D eigenvalue weighted by atomic mass is 19.1. The molecule has 0 saturated carbocycles. The maximum absolute atomic E-state index is 13.8. The lowest BCUT2D eigenvalue weighted by atomic mass is 9.88. The minimum Gasteiger partial charge on any atom is -0.497 e. The van der Waals surface area contributed by atoms with Gasteiger partial charge in [0.1, 0.15) is 11.6 Å². The Morgan fingerprint density at radius 3 is 2.57 bits per heavy atom. The Balaban J connectivity index is 1.78. The topological polar surface area (TPSA) is 67.9 Å². The van der Waals surface area contributed by atoms with Crippen molar-refractivity contribution in [1.29, 1.82) is 0 Å². The van der Waals surface area contributed by atoms with E-state index in [1.54, 1.807) is 55.5 Å². The van der Waals surface area contributed by atoms with Crippen molar-refractivity contribution < 1.29 is 23.5 Å². The molecular weight excluding hydrogens is 387 g/mol. The van der Waals surface area contributed by atoms with Crippen LogP contribution in [-0.2, 0) is 9.53 Å². The summed E-state index contributed by atoms with van der Waals surface area (Å²) in [6.45, 7) is 1.68. The van der Waals surface area contributed by atoms with Crippen LogP contribution >= 0.6 is 0 Å². The molecule has 1 N–H and O–H groups in total. The van der Waals surface area contributed by atoms with Crippen molar-refractivity contribution in [1.82, 2.24) is 10.2 Å². The predicted molar refractivity (Wildman–Crippen MR) is 111 cm³/mol. The van der Waals surface area contributed by atoms with Crippen LogP contribution in [0, 0.1) is 11.7 Å². The van der Waals surface area contributed by atoms with E-state index in [1.807, 2.05) is 0 Å². The number of carbonyl (C=O) groups is 2. The zero-order chi connectivity index (χ0) is 21.5. The minimum absolute atomic E-state index is 0.134. The average Bonchev–Trinajstić information content (AvgIpc) is 3.22. The van der Waals surface area contributed by atoms with Crippen LogP contribution in [0.5, 0.6) is 5.75 Å². The van der Waals surface area contributed by atoms with E-state index < -0.39 is 5.92 Å². The van der Waals surface area contributed by atoms with Gasteiger partial charge in [-0.15, -0.1) is 0 Å². The van der Waals surface area contributed by atoms with Crippen LogP contribution in [0.2, 0.25) is 0 Å². The summed E-state index contributed by atoms with van der Waals surface area (Å²) in [5.74, 6) is -0.702. The SMILES string of the molecule is COCCCNC(=O)[C@H]1CN(C(=O)c2ccc(OC)cc2)C[C@H]1c1cccc(F)c1. The van der Waals surface area contributed by atoms with Gasteiger partial charge in [-0.05, 0) is 48.4 Å². The normalized spacial score (nSPS) is 18.3. The van der Waals surface area contributed by atoms with E-state index >= 15 is 0 Å². The zero-order valence-electron chi connectivity index (χ0n) is 17.3. The number of hydrogen-bond acceptors (Lipinski definition) is 4. The second-order valence-corrected chi connectivity index (χ2v) is 7.34. The minimum atomic E-state index is -0.448. The molecule has 2 amide bonds. The first kappa shape index (κ1) is 21.8. The lowest BCUT2D eigenvalue weighted by Gasteiger charge is -2.18. The number of benzene rings is 2. The number of nitrogens with one attached hydrogen (secondary N) is 1. The molecule has 1 heterocycles. The smallest absolute Gasteiger partial charge is 0.253 e. The molecule has 0 aliphatic carbocycles. The van der Waals surface area contributed by atoms with Gasteiger partial charge in [-0.2, -0.15) is 0 Å². The number of carbonyl (C=O) groups excluding carboxylic acids is 2. The van der Waals surface area contributed by atoms with Crippen molar-refractivity contribution in [2.45, 2.75) is 12.3 Å². The van der Waals surface area contributed by atoms with Crippen LogP contribution in [0.3, 0.4) is 0 Å². The first-order valence-corrected chi connectivity index (χ1v) is 9.99. The van der Waals surface area contributed by atoms with Crippen molar-refractivity contribution in [2.75, 3.05) is 40.5 Å². The van der Waals surface area contributed by atoms with Crippen LogP contribution in [-0.4, -0.2) is 57.2 Å². The Morgan fingerprint density at radius 2 is 1.90 bits per heavy atom. The maximum Gasteiger partial charge on any atom is 0.253 e. The van der Waals surface area contributed by atoms with Crippen LogP contribution in [0.4, 0.5) is 4.39 Å². The number of nitrogens with zero attached hydrogens (tertiary/aromatic N) is 1. The van der Waals surface area contributed by atoms with Gasteiger partial charge < -0.3 is 19.7 Å².